The lowest BCUT2D eigenvalue weighted by molar-refractivity contribution is 0.0634. The molecule has 4 rings (SSSR count). The number of nitrogens with zero attached hydrogens (tertiary/aromatic N) is 1. The van der Waals surface area contributed by atoms with Crippen molar-refractivity contribution in [2.45, 2.75) is 44.2 Å². The number of amides is 1. The monoisotopic (exact) mass is 351 g/mol. The van der Waals surface area contributed by atoms with Crippen LogP contribution in [0.15, 0.2) is 42.5 Å². The Kier molecular flexibility index (Phi) is 4.58. The molecule has 136 valence electrons. The molecular weight excluding hydrogens is 326 g/mol. The van der Waals surface area contributed by atoms with Crippen LogP contribution in [0.25, 0.3) is 0 Å². The zero-order valence-electron chi connectivity index (χ0n) is 15.4. The second kappa shape index (κ2) is 7.02. The van der Waals surface area contributed by atoms with Crippen molar-refractivity contribution in [1.29, 1.82) is 0 Å². The minimum absolute atomic E-state index is 0.0463. The molecule has 1 atom stereocenters. The summed E-state index contributed by atoms with van der Waals surface area (Å²) in [5.41, 5.74) is 3.27. The summed E-state index contributed by atoms with van der Waals surface area (Å²) in [5.74, 6) is 1.16. The van der Waals surface area contributed by atoms with Gasteiger partial charge >= 0.3 is 0 Å². The Hall–Kier alpha value is -2.49. The second-order valence-electron chi connectivity index (χ2n) is 7.09. The second-order valence-corrected chi connectivity index (χ2v) is 7.09. The third-order valence-corrected chi connectivity index (χ3v) is 5.48. The molecule has 2 aliphatic rings. The maximum absolute atomic E-state index is 13.6. The number of hydrogen-bond acceptors (Lipinski definition) is 3. The Morgan fingerprint density at radius 1 is 1.00 bits per heavy atom. The first-order valence-electron chi connectivity index (χ1n) is 9.36. The van der Waals surface area contributed by atoms with E-state index in [2.05, 4.69) is 29.2 Å². The summed E-state index contributed by atoms with van der Waals surface area (Å²) in [6.07, 6.45) is 5.40. The first-order chi connectivity index (χ1) is 12.7. The zero-order valence-corrected chi connectivity index (χ0v) is 15.4. The van der Waals surface area contributed by atoms with Gasteiger partial charge in [0.25, 0.3) is 5.91 Å². The fourth-order valence-electron chi connectivity index (χ4n) is 4.13. The van der Waals surface area contributed by atoms with Gasteiger partial charge in [0.05, 0.1) is 25.8 Å². The summed E-state index contributed by atoms with van der Waals surface area (Å²) >= 11 is 0. The van der Waals surface area contributed by atoms with E-state index in [-0.39, 0.29) is 11.9 Å². The molecule has 0 saturated heterocycles. The zero-order chi connectivity index (χ0) is 18.1. The van der Waals surface area contributed by atoms with Gasteiger partial charge < -0.3 is 14.4 Å². The highest BCUT2D eigenvalue weighted by molar-refractivity contribution is 5.98. The minimum atomic E-state index is 0.0463. The van der Waals surface area contributed by atoms with Gasteiger partial charge in [-0.1, -0.05) is 30.3 Å². The van der Waals surface area contributed by atoms with Crippen LogP contribution in [-0.4, -0.2) is 31.1 Å². The van der Waals surface area contributed by atoms with Crippen LogP contribution in [0.2, 0.25) is 0 Å². The predicted octanol–water partition coefficient (Wildman–Crippen LogP) is 4.39. The van der Waals surface area contributed by atoms with Gasteiger partial charge in [-0.3, -0.25) is 4.79 Å². The standard InChI is InChI=1S/C22H25NO3/c1-25-20-12-6-10-18(21(20)26-2)22(24)23(16-13-14-16)19-11-5-8-15-7-3-4-9-17(15)19/h3-4,6-7,9-10,12,16,19H,5,8,11,13-14H2,1-2H3. The maximum atomic E-state index is 13.6. The van der Waals surface area contributed by atoms with Crippen LogP contribution in [0, 0.1) is 0 Å². The van der Waals surface area contributed by atoms with Crippen LogP contribution in [0.1, 0.15) is 53.2 Å². The van der Waals surface area contributed by atoms with E-state index in [0.717, 1.165) is 32.1 Å². The van der Waals surface area contributed by atoms with E-state index in [1.165, 1.54) is 11.1 Å². The highest BCUT2D eigenvalue weighted by Gasteiger charge is 2.40. The van der Waals surface area contributed by atoms with Gasteiger partial charge in [0.1, 0.15) is 0 Å². The van der Waals surface area contributed by atoms with E-state index in [9.17, 15) is 4.79 Å². The third kappa shape index (κ3) is 2.94. The highest BCUT2D eigenvalue weighted by atomic mass is 16.5. The van der Waals surface area contributed by atoms with Crippen molar-refractivity contribution in [1.82, 2.24) is 4.90 Å². The van der Waals surface area contributed by atoms with E-state index in [1.807, 2.05) is 18.2 Å². The summed E-state index contributed by atoms with van der Waals surface area (Å²) in [4.78, 5) is 15.7. The molecular formula is C22H25NO3. The topological polar surface area (TPSA) is 38.8 Å². The van der Waals surface area contributed by atoms with E-state index in [1.54, 1.807) is 14.2 Å². The van der Waals surface area contributed by atoms with E-state index >= 15 is 0 Å². The largest absolute Gasteiger partial charge is 0.493 e. The molecule has 0 heterocycles. The van der Waals surface area contributed by atoms with Crippen LogP contribution < -0.4 is 9.47 Å². The molecule has 2 aromatic rings. The fourth-order valence-corrected chi connectivity index (χ4v) is 4.13. The number of aryl methyl sites for hydroxylation is 1. The molecule has 0 spiro atoms. The lowest BCUT2D eigenvalue weighted by atomic mass is 9.86. The number of para-hydroxylation sites is 1. The molecule has 1 fully saturated rings. The van der Waals surface area contributed by atoms with Crippen LogP contribution in [-0.2, 0) is 6.42 Å². The molecule has 2 aromatic carbocycles. The number of fused-ring (bicyclic) bond motifs is 1. The van der Waals surface area contributed by atoms with Crippen molar-refractivity contribution in [3.05, 3.63) is 59.2 Å². The molecule has 0 N–H and O–H groups in total. The molecule has 0 bridgehead atoms. The Morgan fingerprint density at radius 3 is 2.54 bits per heavy atom. The lowest BCUT2D eigenvalue weighted by Crippen LogP contribution is -2.38. The quantitative estimate of drug-likeness (QED) is 0.802. The number of carbonyl (C=O) groups excluding carboxylic acids is 1. The molecule has 4 heteroatoms. The summed E-state index contributed by atoms with van der Waals surface area (Å²) < 4.78 is 10.9. The average Bonchev–Trinajstić information content (AvgIpc) is 3.52. The van der Waals surface area contributed by atoms with E-state index < -0.39 is 0 Å². The molecule has 2 aliphatic carbocycles. The number of methoxy groups -OCH3 is 2. The normalized spacial score (nSPS) is 18.8. The number of hydrogen-bond donors (Lipinski definition) is 0. The van der Waals surface area contributed by atoms with Crippen molar-refractivity contribution in [2.24, 2.45) is 0 Å². The Bertz CT molecular complexity index is 813. The van der Waals surface area contributed by atoms with Crippen molar-refractivity contribution in [2.75, 3.05) is 14.2 Å². The van der Waals surface area contributed by atoms with Crippen LogP contribution >= 0.6 is 0 Å². The summed E-state index contributed by atoms with van der Waals surface area (Å²) in [5, 5.41) is 0. The number of rotatable bonds is 5. The summed E-state index contributed by atoms with van der Waals surface area (Å²) in [7, 11) is 3.19. The van der Waals surface area contributed by atoms with Gasteiger partial charge in [0.15, 0.2) is 11.5 Å². The SMILES string of the molecule is COc1cccc(C(=O)N(C2CC2)C2CCCc3ccccc32)c1OC. The van der Waals surface area contributed by atoms with Gasteiger partial charge in [0.2, 0.25) is 0 Å². The molecule has 4 nitrogen and oxygen atoms in total. The summed E-state index contributed by atoms with van der Waals surface area (Å²) in [6.45, 7) is 0. The fraction of sp³-hybridized carbons (Fsp3) is 0.409. The maximum Gasteiger partial charge on any atom is 0.258 e. The van der Waals surface area contributed by atoms with Gasteiger partial charge in [-0.25, -0.2) is 0 Å². The Balaban J connectivity index is 1.74. The molecule has 26 heavy (non-hydrogen) atoms. The number of carbonyl (C=O) groups is 1. The molecule has 1 amide bonds. The van der Waals surface area contributed by atoms with Gasteiger partial charge in [0, 0.05) is 6.04 Å². The highest BCUT2D eigenvalue weighted by Crippen LogP contribution is 2.43. The first kappa shape index (κ1) is 17.0. The Labute approximate surface area is 154 Å². The first-order valence-corrected chi connectivity index (χ1v) is 9.36. The molecule has 1 saturated carbocycles. The summed E-state index contributed by atoms with van der Waals surface area (Å²) in [6, 6.07) is 14.6. The van der Waals surface area contributed by atoms with Crippen molar-refractivity contribution in [3.8, 4) is 11.5 Å². The molecule has 0 aromatic heterocycles. The van der Waals surface area contributed by atoms with Crippen LogP contribution in [0.3, 0.4) is 0 Å². The molecule has 1 unspecified atom stereocenters. The average molecular weight is 351 g/mol. The minimum Gasteiger partial charge on any atom is -0.493 e. The van der Waals surface area contributed by atoms with Crippen molar-refractivity contribution < 1.29 is 14.3 Å². The lowest BCUT2D eigenvalue weighted by Gasteiger charge is -2.36. The van der Waals surface area contributed by atoms with Crippen LogP contribution in [0.4, 0.5) is 0 Å². The van der Waals surface area contributed by atoms with Gasteiger partial charge in [-0.2, -0.15) is 0 Å². The number of benzene rings is 2. The Morgan fingerprint density at radius 2 is 1.81 bits per heavy atom. The van der Waals surface area contributed by atoms with Crippen molar-refractivity contribution >= 4 is 5.91 Å². The van der Waals surface area contributed by atoms with E-state index in [4.69, 9.17) is 9.47 Å². The number of ether oxygens (including phenoxy) is 2. The smallest absolute Gasteiger partial charge is 0.258 e. The third-order valence-electron chi connectivity index (χ3n) is 5.48. The van der Waals surface area contributed by atoms with Gasteiger partial charge in [-0.05, 0) is 55.4 Å². The molecule has 0 radical (unpaired) electrons. The predicted molar refractivity (Wildman–Crippen MR) is 101 cm³/mol. The van der Waals surface area contributed by atoms with Crippen molar-refractivity contribution in [3.63, 3.8) is 0 Å². The van der Waals surface area contributed by atoms with Gasteiger partial charge in [-0.15, -0.1) is 0 Å². The van der Waals surface area contributed by atoms with Crippen LogP contribution in [0.5, 0.6) is 11.5 Å². The van der Waals surface area contributed by atoms with E-state index in [0.29, 0.717) is 23.1 Å². The molecule has 0 aliphatic heterocycles.